The summed E-state index contributed by atoms with van der Waals surface area (Å²) in [6, 6.07) is 9.00. The Hall–Kier alpha value is -3.22. The second-order valence-corrected chi connectivity index (χ2v) is 12.0. The molecule has 1 heterocycles. The van der Waals surface area contributed by atoms with E-state index < -0.39 is 0 Å². The Morgan fingerprint density at radius 1 is 1.18 bits per heavy atom. The fraction of sp³-hybridized carbons (Fsp3) is 0.433. The van der Waals surface area contributed by atoms with Crippen LogP contribution in [0.25, 0.3) is 0 Å². The molecule has 3 rings (SSSR count). The number of nitrogens with two attached hydrogens (primary N) is 1. The van der Waals surface area contributed by atoms with Crippen LogP contribution in [0.1, 0.15) is 60.7 Å². The smallest absolute Gasteiger partial charge is 0.259 e. The first-order valence-electron chi connectivity index (χ1n) is 13.2. The van der Waals surface area contributed by atoms with Crippen LogP contribution in [0.2, 0.25) is 0 Å². The van der Waals surface area contributed by atoms with Gasteiger partial charge in [0.05, 0.1) is 24.1 Å². The fourth-order valence-corrected chi connectivity index (χ4v) is 4.84. The highest BCUT2D eigenvalue weighted by atomic mass is 31.0. The maximum absolute atomic E-state index is 13.3. The number of allylic oxidation sites excluding steroid dienone is 1. The predicted octanol–water partition coefficient (Wildman–Crippen LogP) is 4.72. The number of hydrogen-bond donors (Lipinski definition) is 4. The predicted molar refractivity (Wildman–Crippen MR) is 163 cm³/mol. The highest BCUT2D eigenvalue weighted by Crippen LogP contribution is 2.34. The molecule has 0 radical (unpaired) electrons. The highest BCUT2D eigenvalue weighted by Gasteiger charge is 2.23. The molecule has 9 heteroatoms. The molecule has 8 nitrogen and oxygen atoms in total. The molecule has 2 aromatic carbocycles. The second kappa shape index (κ2) is 12.8. The van der Waals surface area contributed by atoms with Gasteiger partial charge in [-0.15, -0.1) is 0 Å². The number of carbonyl (C=O) groups excluding carboxylic acids is 2. The van der Waals surface area contributed by atoms with E-state index in [9.17, 15) is 9.59 Å². The maximum Gasteiger partial charge on any atom is 0.259 e. The van der Waals surface area contributed by atoms with E-state index in [1.54, 1.807) is 24.3 Å². The molecule has 0 aromatic heterocycles. The van der Waals surface area contributed by atoms with E-state index in [1.807, 2.05) is 19.1 Å². The van der Waals surface area contributed by atoms with Gasteiger partial charge in [-0.3, -0.25) is 9.59 Å². The summed E-state index contributed by atoms with van der Waals surface area (Å²) in [6.07, 6.45) is 3.68. The first kappa shape index (κ1) is 30.3. The minimum absolute atomic E-state index is 0.180. The van der Waals surface area contributed by atoms with E-state index in [4.69, 9.17) is 15.9 Å². The number of rotatable bonds is 8. The molecule has 1 atom stereocenters. The topological polar surface area (TPSA) is 121 Å². The second-order valence-electron chi connectivity index (χ2n) is 11.4. The number of carbonyl (C=O) groups is 2. The molecule has 1 aliphatic heterocycles. The summed E-state index contributed by atoms with van der Waals surface area (Å²) < 4.78 is 5.44. The van der Waals surface area contributed by atoms with Gasteiger partial charge in [-0.25, -0.2) is 0 Å². The summed E-state index contributed by atoms with van der Waals surface area (Å²) in [6.45, 7) is 10.8. The molecule has 210 valence electrons. The molecule has 2 amide bonds. The molecule has 5 N–H and O–H groups in total. The van der Waals surface area contributed by atoms with Gasteiger partial charge in [-0.1, -0.05) is 36.1 Å². The average Bonchev–Trinajstić information content (AvgIpc) is 2.88. The zero-order valence-corrected chi connectivity index (χ0v) is 25.1. The molecular weight excluding hydrogens is 509 g/mol. The van der Waals surface area contributed by atoms with Gasteiger partial charge >= 0.3 is 0 Å². The van der Waals surface area contributed by atoms with Crippen molar-refractivity contribution in [3.8, 4) is 5.75 Å². The van der Waals surface area contributed by atoms with Crippen molar-refractivity contribution in [2.75, 3.05) is 44.8 Å². The van der Waals surface area contributed by atoms with Crippen LogP contribution in [0, 0.1) is 18.3 Å². The molecule has 0 spiro atoms. The summed E-state index contributed by atoms with van der Waals surface area (Å²) in [5, 5.41) is 15.0. The molecule has 1 unspecified atom stereocenters. The monoisotopic (exact) mass is 551 g/mol. The summed E-state index contributed by atoms with van der Waals surface area (Å²) in [5.41, 5.74) is 9.84. The van der Waals surface area contributed by atoms with Crippen molar-refractivity contribution in [1.29, 1.82) is 5.41 Å². The van der Waals surface area contributed by atoms with Gasteiger partial charge in [-0.05, 0) is 92.7 Å². The van der Waals surface area contributed by atoms with Gasteiger partial charge in [0.15, 0.2) is 5.75 Å². The van der Waals surface area contributed by atoms with E-state index in [0.717, 1.165) is 37.1 Å². The molecule has 0 aliphatic carbocycles. The number of piperidine rings is 1. The molecule has 1 saturated heterocycles. The summed E-state index contributed by atoms with van der Waals surface area (Å²) in [5.74, 6) is 0.237. The van der Waals surface area contributed by atoms with Crippen LogP contribution in [0.15, 0.2) is 41.7 Å². The standard InChI is InChI=1S/C30H42N5O3P/c1-18-7-8-21(34-28(36)23-13-20(30(2,3)4)14-25(32)27(23)38-6)15-22(18)24(31)16-26(39)29(37)33-17-19-9-11-35(5)12-10-19/h7-8,13-16,19,31H,9-12,17,32,39H2,1-6H3,(H,33,37)(H,34,36)/b26-16-,31-24?. The third-order valence-electron chi connectivity index (χ3n) is 7.17. The van der Waals surface area contributed by atoms with Crippen molar-refractivity contribution in [2.24, 2.45) is 5.92 Å². The quantitative estimate of drug-likeness (QED) is 0.164. The van der Waals surface area contributed by atoms with Crippen LogP contribution >= 0.6 is 9.24 Å². The van der Waals surface area contributed by atoms with Crippen molar-refractivity contribution in [1.82, 2.24) is 10.2 Å². The van der Waals surface area contributed by atoms with E-state index in [2.05, 4.69) is 52.6 Å². The number of anilines is 2. The minimum atomic E-state index is -0.360. The van der Waals surface area contributed by atoms with Gasteiger partial charge in [0.2, 0.25) is 0 Å². The largest absolute Gasteiger partial charge is 0.494 e. The third kappa shape index (κ3) is 7.90. The molecule has 39 heavy (non-hydrogen) atoms. The van der Waals surface area contributed by atoms with E-state index >= 15 is 0 Å². The Kier molecular flexibility index (Phi) is 9.92. The van der Waals surface area contributed by atoms with Gasteiger partial charge < -0.3 is 31.4 Å². The van der Waals surface area contributed by atoms with E-state index in [-0.39, 0.29) is 22.9 Å². The molecule has 0 bridgehead atoms. The normalized spacial score (nSPS) is 15.1. The van der Waals surface area contributed by atoms with E-state index in [1.165, 1.54) is 7.11 Å². The number of likely N-dealkylation sites (tertiary alicyclic amines) is 1. The number of amides is 2. The van der Waals surface area contributed by atoms with Gasteiger partial charge in [0.25, 0.3) is 11.8 Å². The van der Waals surface area contributed by atoms with Gasteiger partial charge in [0.1, 0.15) is 0 Å². The lowest BCUT2D eigenvalue weighted by molar-refractivity contribution is -0.117. The van der Waals surface area contributed by atoms with Crippen molar-refractivity contribution >= 4 is 38.1 Å². The van der Waals surface area contributed by atoms with Crippen LogP contribution in [0.3, 0.4) is 0 Å². The number of nitrogens with one attached hydrogen (secondary N) is 3. The average molecular weight is 552 g/mol. The van der Waals surface area contributed by atoms with Crippen molar-refractivity contribution in [2.45, 2.75) is 46.0 Å². The van der Waals surface area contributed by atoms with Gasteiger partial charge in [0, 0.05) is 23.1 Å². The zero-order valence-electron chi connectivity index (χ0n) is 23.9. The Bertz CT molecular complexity index is 1270. The van der Waals surface area contributed by atoms with Crippen LogP contribution in [-0.4, -0.2) is 56.2 Å². The minimum Gasteiger partial charge on any atom is -0.494 e. The number of aryl methyl sites for hydroxylation is 1. The highest BCUT2D eigenvalue weighted by molar-refractivity contribution is 7.25. The number of benzene rings is 2. The zero-order chi connectivity index (χ0) is 28.9. The molecule has 1 fully saturated rings. The van der Waals surface area contributed by atoms with Crippen LogP contribution in [0.4, 0.5) is 11.4 Å². The van der Waals surface area contributed by atoms with Gasteiger partial charge in [-0.2, -0.15) is 0 Å². The van der Waals surface area contributed by atoms with Crippen LogP contribution in [-0.2, 0) is 10.2 Å². The lowest BCUT2D eigenvalue weighted by Crippen LogP contribution is -2.36. The van der Waals surface area contributed by atoms with Crippen LogP contribution < -0.4 is 21.1 Å². The van der Waals surface area contributed by atoms with E-state index in [0.29, 0.717) is 46.0 Å². The Morgan fingerprint density at radius 2 is 1.85 bits per heavy atom. The Morgan fingerprint density at radius 3 is 2.46 bits per heavy atom. The first-order valence-corrected chi connectivity index (χ1v) is 13.8. The maximum atomic E-state index is 13.3. The first-order chi connectivity index (χ1) is 18.3. The molecule has 1 aliphatic rings. The fourth-order valence-electron chi connectivity index (χ4n) is 4.57. The third-order valence-corrected chi connectivity index (χ3v) is 7.60. The Labute approximate surface area is 234 Å². The molecule has 0 saturated carbocycles. The molecule has 2 aromatic rings. The SMILES string of the molecule is COc1c(N)cc(C(C)(C)C)cc1C(=O)Nc1ccc(C)c(C(=N)/C=C(\P)C(=O)NCC2CCN(C)CC2)c1. The number of nitrogens with zero attached hydrogens (tertiary/aromatic N) is 1. The Balaban J connectivity index is 1.75. The lowest BCUT2D eigenvalue weighted by Gasteiger charge is -2.28. The lowest BCUT2D eigenvalue weighted by atomic mass is 9.85. The number of nitrogen functional groups attached to an aromatic ring is 1. The number of hydrogen-bond acceptors (Lipinski definition) is 6. The summed E-state index contributed by atoms with van der Waals surface area (Å²) in [7, 11) is 6.04. The summed E-state index contributed by atoms with van der Waals surface area (Å²) in [4.78, 5) is 28.3. The number of ether oxygens (including phenoxy) is 1. The summed E-state index contributed by atoms with van der Waals surface area (Å²) >= 11 is 0. The van der Waals surface area contributed by atoms with Crippen LogP contribution in [0.5, 0.6) is 5.75 Å². The van der Waals surface area contributed by atoms with Crippen molar-refractivity contribution in [3.63, 3.8) is 0 Å². The molecular formula is C30H42N5O3P. The number of methoxy groups -OCH3 is 1. The van der Waals surface area contributed by atoms with Crippen molar-refractivity contribution in [3.05, 3.63) is 64.0 Å². The van der Waals surface area contributed by atoms with Crippen molar-refractivity contribution < 1.29 is 14.3 Å².